The molecule has 0 radical (unpaired) electrons. The molecule has 2 nitrogen and oxygen atoms in total. The van der Waals surface area contributed by atoms with Gasteiger partial charge in [-0.1, -0.05) is 36.2 Å². The zero-order valence-corrected chi connectivity index (χ0v) is 11.3. The largest absolute Gasteiger partial charge is 0.481 e. The van der Waals surface area contributed by atoms with Crippen molar-refractivity contribution in [3.05, 3.63) is 34.9 Å². The van der Waals surface area contributed by atoms with Crippen LogP contribution in [0.15, 0.2) is 24.3 Å². The Bertz CT molecular complexity index is 355. The highest BCUT2D eigenvalue weighted by atomic mass is 35.5. The first kappa shape index (κ1) is 14.4. The fraction of sp³-hybridized carbons (Fsp3) is 0.462. The fourth-order valence-electron chi connectivity index (χ4n) is 1.45. The number of hydrogen-bond donors (Lipinski definition) is 1. The van der Waals surface area contributed by atoms with Gasteiger partial charge in [-0.3, -0.25) is 4.79 Å². The number of benzene rings is 1. The molecule has 0 unspecified atom stereocenters. The number of aliphatic carboxylic acids is 1. The second kappa shape index (κ2) is 8.43. The lowest BCUT2D eigenvalue weighted by atomic mass is 10.2. The third kappa shape index (κ3) is 6.59. The van der Waals surface area contributed by atoms with Gasteiger partial charge < -0.3 is 5.11 Å². The lowest BCUT2D eigenvalue weighted by Gasteiger charge is -2.03. The molecule has 0 atom stereocenters. The lowest BCUT2D eigenvalue weighted by Crippen LogP contribution is -1.94. The summed E-state index contributed by atoms with van der Waals surface area (Å²) in [6.45, 7) is 0. The van der Waals surface area contributed by atoms with E-state index in [1.807, 2.05) is 36.0 Å². The molecule has 1 aromatic rings. The molecule has 1 rings (SSSR count). The summed E-state index contributed by atoms with van der Waals surface area (Å²) in [5.41, 5.74) is 1.17. The van der Waals surface area contributed by atoms with Gasteiger partial charge in [0.1, 0.15) is 0 Å². The van der Waals surface area contributed by atoms with E-state index in [-0.39, 0.29) is 6.42 Å². The lowest BCUT2D eigenvalue weighted by molar-refractivity contribution is -0.137. The maximum atomic E-state index is 10.3. The second-order valence-corrected chi connectivity index (χ2v) is 5.36. The number of thioether (sulfide) groups is 1. The SMILES string of the molecule is O=C(O)CCCCCSCc1ccccc1Cl. The van der Waals surface area contributed by atoms with Gasteiger partial charge in [0.25, 0.3) is 0 Å². The van der Waals surface area contributed by atoms with Crippen molar-refractivity contribution < 1.29 is 9.90 Å². The van der Waals surface area contributed by atoms with Crippen molar-refractivity contribution in [2.75, 3.05) is 5.75 Å². The van der Waals surface area contributed by atoms with Gasteiger partial charge >= 0.3 is 5.97 Å². The van der Waals surface area contributed by atoms with Gasteiger partial charge in [-0.15, -0.1) is 0 Å². The van der Waals surface area contributed by atoms with Crippen LogP contribution in [0.3, 0.4) is 0 Å². The third-order valence-corrected chi connectivity index (χ3v) is 3.86. The van der Waals surface area contributed by atoms with Crippen LogP contribution in [0.5, 0.6) is 0 Å². The van der Waals surface area contributed by atoms with Crippen LogP contribution in [-0.4, -0.2) is 16.8 Å². The fourth-order valence-corrected chi connectivity index (χ4v) is 2.76. The molecule has 0 heterocycles. The molecule has 0 spiro atoms. The first-order chi connectivity index (χ1) is 8.20. The van der Waals surface area contributed by atoms with E-state index in [0.29, 0.717) is 0 Å². The minimum atomic E-state index is -0.700. The van der Waals surface area contributed by atoms with Crippen LogP contribution >= 0.6 is 23.4 Å². The van der Waals surface area contributed by atoms with Gasteiger partial charge in [0.15, 0.2) is 0 Å². The van der Waals surface area contributed by atoms with Crippen LogP contribution in [0.1, 0.15) is 31.2 Å². The summed E-state index contributed by atoms with van der Waals surface area (Å²) in [6.07, 6.45) is 3.13. The minimum Gasteiger partial charge on any atom is -0.481 e. The molecule has 0 aromatic heterocycles. The first-order valence-corrected chi connectivity index (χ1v) is 7.26. The highest BCUT2D eigenvalue weighted by Crippen LogP contribution is 2.21. The number of hydrogen-bond acceptors (Lipinski definition) is 2. The molecule has 0 amide bonds. The van der Waals surface area contributed by atoms with E-state index >= 15 is 0 Å². The predicted molar refractivity (Wildman–Crippen MR) is 73.7 cm³/mol. The predicted octanol–water partition coefficient (Wildman–Crippen LogP) is 4.22. The Hall–Kier alpha value is -0.670. The molecule has 1 aromatic carbocycles. The quantitative estimate of drug-likeness (QED) is 0.720. The Morgan fingerprint density at radius 3 is 2.71 bits per heavy atom. The normalized spacial score (nSPS) is 10.4. The molecule has 0 aliphatic carbocycles. The zero-order chi connectivity index (χ0) is 12.5. The van der Waals surface area contributed by atoms with Gasteiger partial charge in [-0.25, -0.2) is 0 Å². The number of carbonyl (C=O) groups is 1. The Morgan fingerprint density at radius 1 is 1.24 bits per heavy atom. The summed E-state index contributed by atoms with van der Waals surface area (Å²) >= 11 is 7.89. The topological polar surface area (TPSA) is 37.3 Å². The Morgan fingerprint density at radius 2 is 2.00 bits per heavy atom. The van der Waals surface area contributed by atoms with E-state index in [1.165, 1.54) is 5.56 Å². The van der Waals surface area contributed by atoms with Crippen LogP contribution in [-0.2, 0) is 10.5 Å². The Balaban J connectivity index is 2.05. The maximum Gasteiger partial charge on any atom is 0.303 e. The van der Waals surface area contributed by atoms with Gasteiger partial charge in [0, 0.05) is 17.2 Å². The van der Waals surface area contributed by atoms with E-state index in [2.05, 4.69) is 0 Å². The van der Waals surface area contributed by atoms with Crippen LogP contribution in [0.4, 0.5) is 0 Å². The molecule has 0 aliphatic rings. The van der Waals surface area contributed by atoms with Crippen LogP contribution in [0.2, 0.25) is 5.02 Å². The van der Waals surface area contributed by atoms with Crippen LogP contribution < -0.4 is 0 Å². The molecule has 0 saturated carbocycles. The van der Waals surface area contributed by atoms with E-state index < -0.39 is 5.97 Å². The van der Waals surface area contributed by atoms with E-state index in [1.54, 1.807) is 0 Å². The van der Waals surface area contributed by atoms with Crippen molar-refractivity contribution in [2.45, 2.75) is 31.4 Å². The minimum absolute atomic E-state index is 0.287. The highest BCUT2D eigenvalue weighted by Gasteiger charge is 1.99. The molecule has 17 heavy (non-hydrogen) atoms. The number of halogens is 1. The van der Waals surface area contributed by atoms with Crippen LogP contribution in [0.25, 0.3) is 0 Å². The molecule has 0 aliphatic heterocycles. The van der Waals surface area contributed by atoms with Crippen molar-refractivity contribution in [2.24, 2.45) is 0 Å². The van der Waals surface area contributed by atoms with Crippen molar-refractivity contribution in [3.63, 3.8) is 0 Å². The monoisotopic (exact) mass is 272 g/mol. The molecular formula is C13H17ClO2S. The van der Waals surface area contributed by atoms with E-state index in [4.69, 9.17) is 16.7 Å². The molecule has 1 N–H and O–H groups in total. The third-order valence-electron chi connectivity index (χ3n) is 2.39. The van der Waals surface area contributed by atoms with Crippen LogP contribution in [0, 0.1) is 0 Å². The van der Waals surface area contributed by atoms with Crippen molar-refractivity contribution in [1.82, 2.24) is 0 Å². The Kier molecular flexibility index (Phi) is 7.13. The molecule has 0 saturated heterocycles. The smallest absolute Gasteiger partial charge is 0.303 e. The second-order valence-electron chi connectivity index (χ2n) is 3.85. The van der Waals surface area contributed by atoms with Crippen molar-refractivity contribution >= 4 is 29.3 Å². The van der Waals surface area contributed by atoms with Gasteiger partial charge in [-0.05, 0) is 30.2 Å². The maximum absolute atomic E-state index is 10.3. The molecule has 0 fully saturated rings. The molecular weight excluding hydrogens is 256 g/mol. The number of carboxylic acid groups (broad SMARTS) is 1. The first-order valence-electron chi connectivity index (χ1n) is 5.73. The average molecular weight is 273 g/mol. The standard InChI is InChI=1S/C13H17ClO2S/c14-12-7-4-3-6-11(12)10-17-9-5-1-2-8-13(15)16/h3-4,6-7H,1-2,5,8-10H2,(H,15,16). The van der Waals surface area contributed by atoms with Crippen molar-refractivity contribution in [1.29, 1.82) is 0 Å². The summed E-state index contributed by atoms with van der Waals surface area (Å²) < 4.78 is 0. The van der Waals surface area contributed by atoms with E-state index in [0.717, 1.165) is 35.8 Å². The van der Waals surface area contributed by atoms with Gasteiger partial charge in [0.2, 0.25) is 0 Å². The van der Waals surface area contributed by atoms with E-state index in [9.17, 15) is 4.79 Å². The summed E-state index contributed by atoms with van der Waals surface area (Å²) in [5, 5.41) is 9.30. The zero-order valence-electron chi connectivity index (χ0n) is 9.69. The number of unbranched alkanes of at least 4 members (excludes halogenated alkanes) is 2. The van der Waals surface area contributed by atoms with Gasteiger partial charge in [0.05, 0.1) is 0 Å². The number of carboxylic acids is 1. The number of rotatable bonds is 8. The molecule has 4 heteroatoms. The van der Waals surface area contributed by atoms with Gasteiger partial charge in [-0.2, -0.15) is 11.8 Å². The molecule has 0 bridgehead atoms. The summed E-state index contributed by atoms with van der Waals surface area (Å²) in [6, 6.07) is 7.88. The van der Waals surface area contributed by atoms with Crippen molar-refractivity contribution in [3.8, 4) is 0 Å². The highest BCUT2D eigenvalue weighted by molar-refractivity contribution is 7.98. The summed E-state index contributed by atoms with van der Waals surface area (Å²) in [4.78, 5) is 10.3. The Labute approximate surface area is 111 Å². The molecule has 94 valence electrons. The summed E-state index contributed by atoms with van der Waals surface area (Å²) in [7, 11) is 0. The average Bonchev–Trinajstić information content (AvgIpc) is 2.30. The summed E-state index contributed by atoms with van der Waals surface area (Å²) in [5.74, 6) is 1.29.